The van der Waals surface area contributed by atoms with Crippen LogP contribution in [0.2, 0.25) is 0 Å². The fourth-order valence-corrected chi connectivity index (χ4v) is 3.02. The molecule has 1 aromatic rings. The maximum Gasteiger partial charge on any atom is 0.306 e. The van der Waals surface area contributed by atoms with E-state index in [-0.39, 0.29) is 23.8 Å². The molecule has 2 saturated carbocycles. The highest BCUT2D eigenvalue weighted by Crippen LogP contribution is 2.24. The summed E-state index contributed by atoms with van der Waals surface area (Å²) in [6.45, 7) is 0. The average Bonchev–Trinajstić information content (AvgIpc) is 3.39. The molecule has 0 unspecified atom stereocenters. The van der Waals surface area contributed by atoms with Gasteiger partial charge in [0.05, 0.1) is 5.92 Å². The Labute approximate surface area is 140 Å². The summed E-state index contributed by atoms with van der Waals surface area (Å²) < 4.78 is 0. The van der Waals surface area contributed by atoms with Crippen LogP contribution < -0.4 is 10.6 Å². The predicted octanol–water partition coefficient (Wildman–Crippen LogP) is 1.95. The van der Waals surface area contributed by atoms with Gasteiger partial charge in [-0.1, -0.05) is 0 Å². The highest BCUT2D eigenvalue weighted by molar-refractivity contribution is 5.98. The summed E-state index contributed by atoms with van der Waals surface area (Å²) in [5, 5.41) is 14.9. The van der Waals surface area contributed by atoms with Crippen LogP contribution in [-0.4, -0.2) is 35.0 Å². The van der Waals surface area contributed by atoms with Crippen molar-refractivity contribution >= 4 is 17.8 Å². The van der Waals surface area contributed by atoms with Crippen molar-refractivity contribution in [1.29, 1.82) is 0 Å². The molecule has 0 spiro atoms. The van der Waals surface area contributed by atoms with Crippen LogP contribution in [0.25, 0.3) is 0 Å². The third-order valence-corrected chi connectivity index (χ3v) is 4.73. The topological polar surface area (TPSA) is 95.5 Å². The van der Waals surface area contributed by atoms with Crippen molar-refractivity contribution in [3.8, 4) is 0 Å². The first-order valence-electron chi connectivity index (χ1n) is 8.47. The van der Waals surface area contributed by atoms with Crippen LogP contribution >= 0.6 is 0 Å². The smallest absolute Gasteiger partial charge is 0.306 e. The zero-order chi connectivity index (χ0) is 17.1. The number of amides is 2. The van der Waals surface area contributed by atoms with E-state index in [4.69, 9.17) is 5.11 Å². The average molecular weight is 330 g/mol. The number of nitrogens with one attached hydrogen (secondary N) is 2. The highest BCUT2D eigenvalue weighted by Gasteiger charge is 2.27. The van der Waals surface area contributed by atoms with Crippen molar-refractivity contribution in [2.45, 2.75) is 50.6 Å². The molecule has 0 saturated heterocycles. The molecule has 128 valence electrons. The molecule has 3 rings (SSSR count). The molecule has 2 aliphatic rings. The zero-order valence-corrected chi connectivity index (χ0v) is 13.5. The third-order valence-electron chi connectivity index (χ3n) is 4.73. The molecule has 6 heteroatoms. The normalized spacial score (nSPS) is 23.3. The molecule has 2 fully saturated rings. The van der Waals surface area contributed by atoms with Gasteiger partial charge in [-0.05, 0) is 62.8 Å². The minimum absolute atomic E-state index is 0.0194. The van der Waals surface area contributed by atoms with Gasteiger partial charge in [-0.25, -0.2) is 0 Å². The van der Waals surface area contributed by atoms with Crippen LogP contribution in [-0.2, 0) is 4.79 Å². The molecule has 1 aromatic carbocycles. The lowest BCUT2D eigenvalue weighted by atomic mass is 9.86. The summed E-state index contributed by atoms with van der Waals surface area (Å²) in [5.74, 6) is -1.32. The number of benzene rings is 1. The Bertz CT molecular complexity index is 629. The molecule has 2 amide bonds. The van der Waals surface area contributed by atoms with Crippen LogP contribution in [0.15, 0.2) is 24.3 Å². The molecular formula is C18H22N2O4. The number of carbonyl (C=O) groups is 3. The maximum atomic E-state index is 12.3. The van der Waals surface area contributed by atoms with Crippen molar-refractivity contribution in [3.63, 3.8) is 0 Å². The first-order valence-corrected chi connectivity index (χ1v) is 8.47. The number of rotatable bonds is 5. The zero-order valence-electron chi connectivity index (χ0n) is 13.5. The Morgan fingerprint density at radius 1 is 0.750 bits per heavy atom. The van der Waals surface area contributed by atoms with Gasteiger partial charge in [-0.2, -0.15) is 0 Å². The Hall–Kier alpha value is -2.37. The van der Waals surface area contributed by atoms with Gasteiger partial charge in [0.15, 0.2) is 0 Å². The predicted molar refractivity (Wildman–Crippen MR) is 87.8 cm³/mol. The summed E-state index contributed by atoms with van der Waals surface area (Å²) in [7, 11) is 0. The van der Waals surface area contributed by atoms with Crippen molar-refractivity contribution in [2.24, 2.45) is 5.92 Å². The van der Waals surface area contributed by atoms with E-state index < -0.39 is 5.97 Å². The van der Waals surface area contributed by atoms with E-state index in [1.807, 2.05) is 0 Å². The second kappa shape index (κ2) is 7.03. The summed E-state index contributed by atoms with van der Waals surface area (Å²) in [5.41, 5.74) is 1.07. The molecule has 0 aliphatic heterocycles. The molecule has 0 radical (unpaired) electrons. The Balaban J connectivity index is 1.51. The summed E-state index contributed by atoms with van der Waals surface area (Å²) in [6.07, 6.45) is 4.64. The third kappa shape index (κ3) is 4.13. The maximum absolute atomic E-state index is 12.3. The van der Waals surface area contributed by atoms with E-state index in [2.05, 4.69) is 10.6 Å². The van der Waals surface area contributed by atoms with Gasteiger partial charge in [0, 0.05) is 23.2 Å². The molecule has 2 aliphatic carbocycles. The van der Waals surface area contributed by atoms with E-state index in [0.29, 0.717) is 42.9 Å². The molecular weight excluding hydrogens is 308 g/mol. The number of carbonyl (C=O) groups excluding carboxylic acids is 2. The van der Waals surface area contributed by atoms with Gasteiger partial charge in [0.2, 0.25) is 0 Å². The summed E-state index contributed by atoms with van der Waals surface area (Å²) in [4.78, 5) is 35.1. The van der Waals surface area contributed by atoms with E-state index >= 15 is 0 Å². The van der Waals surface area contributed by atoms with Crippen LogP contribution in [0.1, 0.15) is 59.2 Å². The van der Waals surface area contributed by atoms with Crippen molar-refractivity contribution in [1.82, 2.24) is 10.6 Å². The molecule has 0 heterocycles. The fraction of sp³-hybridized carbons (Fsp3) is 0.500. The largest absolute Gasteiger partial charge is 0.481 e. The van der Waals surface area contributed by atoms with Crippen molar-refractivity contribution in [2.75, 3.05) is 0 Å². The highest BCUT2D eigenvalue weighted by atomic mass is 16.4. The SMILES string of the molecule is O=C(NC1CC1)c1ccc(C(=O)NC2CCC(C(=O)O)CC2)cc1. The monoisotopic (exact) mass is 330 g/mol. The first-order chi connectivity index (χ1) is 11.5. The molecule has 3 N–H and O–H groups in total. The van der Waals surface area contributed by atoms with E-state index in [1.54, 1.807) is 24.3 Å². The van der Waals surface area contributed by atoms with Gasteiger partial charge < -0.3 is 15.7 Å². The van der Waals surface area contributed by atoms with Crippen LogP contribution in [0, 0.1) is 5.92 Å². The van der Waals surface area contributed by atoms with E-state index in [0.717, 1.165) is 12.8 Å². The minimum Gasteiger partial charge on any atom is -0.481 e. The van der Waals surface area contributed by atoms with Gasteiger partial charge in [0.1, 0.15) is 0 Å². The lowest BCUT2D eigenvalue weighted by Gasteiger charge is -2.26. The van der Waals surface area contributed by atoms with Crippen LogP contribution in [0.5, 0.6) is 0 Å². The van der Waals surface area contributed by atoms with Crippen molar-refractivity contribution < 1.29 is 19.5 Å². The van der Waals surface area contributed by atoms with Gasteiger partial charge >= 0.3 is 5.97 Å². The Kier molecular flexibility index (Phi) is 4.83. The number of carboxylic acids is 1. The Morgan fingerprint density at radius 3 is 1.46 bits per heavy atom. The molecule has 0 atom stereocenters. The van der Waals surface area contributed by atoms with Crippen LogP contribution in [0.4, 0.5) is 0 Å². The molecule has 0 bridgehead atoms. The van der Waals surface area contributed by atoms with E-state index in [1.165, 1.54) is 0 Å². The number of hydrogen-bond donors (Lipinski definition) is 3. The molecule has 24 heavy (non-hydrogen) atoms. The second-order valence-corrected chi connectivity index (χ2v) is 6.69. The fourth-order valence-electron chi connectivity index (χ4n) is 3.02. The van der Waals surface area contributed by atoms with Crippen LogP contribution in [0.3, 0.4) is 0 Å². The second-order valence-electron chi connectivity index (χ2n) is 6.69. The lowest BCUT2D eigenvalue weighted by Crippen LogP contribution is -2.38. The standard InChI is InChI=1S/C18H22N2O4/c21-16(19-14-7-5-13(6-8-14)18(23)24)11-1-3-12(4-2-11)17(22)20-15-9-10-15/h1-4,13-15H,5-10H2,(H,19,21)(H,20,22)(H,23,24). The first kappa shape index (κ1) is 16.5. The number of hydrogen-bond acceptors (Lipinski definition) is 3. The summed E-state index contributed by atoms with van der Waals surface area (Å²) >= 11 is 0. The number of aliphatic carboxylic acids is 1. The minimum atomic E-state index is -0.750. The molecule has 0 aromatic heterocycles. The van der Waals surface area contributed by atoms with Crippen molar-refractivity contribution in [3.05, 3.63) is 35.4 Å². The van der Waals surface area contributed by atoms with Gasteiger partial charge in [-0.15, -0.1) is 0 Å². The lowest BCUT2D eigenvalue weighted by molar-refractivity contribution is -0.142. The number of carboxylic acid groups (broad SMARTS) is 1. The van der Waals surface area contributed by atoms with E-state index in [9.17, 15) is 14.4 Å². The van der Waals surface area contributed by atoms with Gasteiger partial charge in [-0.3, -0.25) is 14.4 Å². The quantitative estimate of drug-likeness (QED) is 0.769. The summed E-state index contributed by atoms with van der Waals surface area (Å²) in [6, 6.07) is 6.95. The Morgan fingerprint density at radius 2 is 1.12 bits per heavy atom. The van der Waals surface area contributed by atoms with Gasteiger partial charge in [0.25, 0.3) is 11.8 Å². The molecule has 6 nitrogen and oxygen atoms in total.